The summed E-state index contributed by atoms with van der Waals surface area (Å²) in [5.74, 6) is 0.380. The van der Waals surface area contributed by atoms with Crippen LogP contribution >= 0.6 is 0 Å². The number of aromatic amines is 1. The summed E-state index contributed by atoms with van der Waals surface area (Å²) >= 11 is 0. The Morgan fingerprint density at radius 2 is 2.36 bits per heavy atom. The molecule has 0 aliphatic carbocycles. The van der Waals surface area contributed by atoms with Gasteiger partial charge in [-0.3, -0.25) is 14.5 Å². The molecular formula is C15H24N4O3. The lowest BCUT2D eigenvalue weighted by Gasteiger charge is -2.26. The quantitative estimate of drug-likeness (QED) is 0.692. The first kappa shape index (κ1) is 16.5. The van der Waals surface area contributed by atoms with E-state index in [9.17, 15) is 14.7 Å². The third-order valence-corrected chi connectivity index (χ3v) is 4.30. The number of nitrogens with one attached hydrogen (secondary N) is 2. The molecule has 1 amide bonds. The minimum atomic E-state index is -0.788. The van der Waals surface area contributed by atoms with E-state index >= 15 is 0 Å². The van der Waals surface area contributed by atoms with Gasteiger partial charge < -0.3 is 15.4 Å². The maximum Gasteiger partial charge on any atom is 0.320 e. The Kier molecular flexibility index (Phi) is 5.54. The molecule has 3 N–H and O–H groups in total. The van der Waals surface area contributed by atoms with Gasteiger partial charge in [0.15, 0.2) is 0 Å². The number of likely N-dealkylation sites (tertiary alicyclic amines) is 1. The summed E-state index contributed by atoms with van der Waals surface area (Å²) in [5.41, 5.74) is 0. The number of hydrogen-bond acceptors (Lipinski definition) is 4. The van der Waals surface area contributed by atoms with Gasteiger partial charge >= 0.3 is 5.97 Å². The highest BCUT2D eigenvalue weighted by Crippen LogP contribution is 2.30. The fraction of sp³-hybridized carbons (Fsp3) is 0.667. The van der Waals surface area contributed by atoms with Gasteiger partial charge in [-0.1, -0.05) is 13.3 Å². The Bertz CT molecular complexity index is 503. The highest BCUT2D eigenvalue weighted by atomic mass is 16.4. The van der Waals surface area contributed by atoms with E-state index in [-0.39, 0.29) is 17.7 Å². The van der Waals surface area contributed by atoms with Crippen molar-refractivity contribution in [2.45, 2.75) is 38.6 Å². The molecule has 0 aromatic carbocycles. The number of imidazole rings is 1. The van der Waals surface area contributed by atoms with Crippen molar-refractivity contribution >= 4 is 11.9 Å². The molecular weight excluding hydrogens is 284 g/mol. The number of aromatic nitrogens is 2. The Balaban J connectivity index is 2.00. The van der Waals surface area contributed by atoms with Gasteiger partial charge in [0.25, 0.3) is 0 Å². The normalized spacial score (nSPS) is 23.4. The monoisotopic (exact) mass is 308 g/mol. The number of carboxylic acid groups (broad SMARTS) is 1. The van der Waals surface area contributed by atoms with Gasteiger partial charge in [0.2, 0.25) is 5.91 Å². The number of rotatable bonds is 7. The van der Waals surface area contributed by atoms with E-state index in [0.717, 1.165) is 12.2 Å². The molecule has 1 aliphatic heterocycles. The van der Waals surface area contributed by atoms with E-state index in [1.807, 2.05) is 4.90 Å². The number of H-pyrrole nitrogens is 1. The number of nitrogens with zero attached hydrogens (tertiary/aromatic N) is 2. The molecule has 1 aromatic heterocycles. The first-order chi connectivity index (χ1) is 10.5. The van der Waals surface area contributed by atoms with Crippen LogP contribution in [0.2, 0.25) is 0 Å². The second kappa shape index (κ2) is 7.40. The van der Waals surface area contributed by atoms with Crippen molar-refractivity contribution in [3.05, 3.63) is 18.2 Å². The highest BCUT2D eigenvalue weighted by Gasteiger charge is 2.39. The van der Waals surface area contributed by atoms with Gasteiger partial charge in [-0.2, -0.15) is 0 Å². The topological polar surface area (TPSA) is 98.3 Å². The molecule has 1 saturated heterocycles. The molecule has 22 heavy (non-hydrogen) atoms. The summed E-state index contributed by atoms with van der Waals surface area (Å²) in [6, 6.07) is -0.485. The Labute approximate surface area is 130 Å². The lowest BCUT2D eigenvalue weighted by molar-refractivity contribution is -0.142. The van der Waals surface area contributed by atoms with Crippen LogP contribution in [-0.4, -0.2) is 57.5 Å². The lowest BCUT2D eigenvalue weighted by atomic mass is 10.0. The number of carbonyl (C=O) groups excluding carboxylic acids is 1. The minimum absolute atomic E-state index is 0.0527. The summed E-state index contributed by atoms with van der Waals surface area (Å²) < 4.78 is 0. The Morgan fingerprint density at radius 3 is 2.91 bits per heavy atom. The maximum atomic E-state index is 11.5. The molecule has 2 rings (SSSR count). The van der Waals surface area contributed by atoms with E-state index in [1.165, 1.54) is 6.92 Å². The summed E-state index contributed by atoms with van der Waals surface area (Å²) in [6.07, 6.45) is 4.92. The molecule has 7 heteroatoms. The smallest absolute Gasteiger partial charge is 0.320 e. The molecule has 0 bridgehead atoms. The summed E-state index contributed by atoms with van der Waals surface area (Å²) in [4.78, 5) is 31.9. The van der Waals surface area contributed by atoms with Gasteiger partial charge in [-0.25, -0.2) is 4.98 Å². The minimum Gasteiger partial charge on any atom is -0.480 e. The van der Waals surface area contributed by atoms with E-state index in [2.05, 4.69) is 22.2 Å². The third-order valence-electron chi connectivity index (χ3n) is 4.30. The Morgan fingerprint density at radius 1 is 1.59 bits per heavy atom. The van der Waals surface area contributed by atoms with Crippen LogP contribution < -0.4 is 5.32 Å². The van der Waals surface area contributed by atoms with Crippen LogP contribution in [0.3, 0.4) is 0 Å². The van der Waals surface area contributed by atoms with Crippen LogP contribution in [0.15, 0.2) is 12.4 Å². The zero-order valence-corrected chi connectivity index (χ0v) is 13.1. The maximum absolute atomic E-state index is 11.5. The van der Waals surface area contributed by atoms with E-state index < -0.39 is 12.0 Å². The van der Waals surface area contributed by atoms with Crippen molar-refractivity contribution in [1.29, 1.82) is 0 Å². The average Bonchev–Trinajstić information content (AvgIpc) is 3.11. The summed E-state index contributed by atoms with van der Waals surface area (Å²) in [7, 11) is 0. The average molecular weight is 308 g/mol. The number of amides is 1. The van der Waals surface area contributed by atoms with E-state index in [0.29, 0.717) is 26.1 Å². The Hall–Kier alpha value is -1.89. The molecule has 2 heterocycles. The van der Waals surface area contributed by atoms with Gasteiger partial charge in [-0.15, -0.1) is 0 Å². The van der Waals surface area contributed by atoms with Crippen molar-refractivity contribution in [3.8, 4) is 0 Å². The van der Waals surface area contributed by atoms with Crippen molar-refractivity contribution in [2.24, 2.45) is 5.92 Å². The zero-order valence-electron chi connectivity index (χ0n) is 13.1. The van der Waals surface area contributed by atoms with Crippen LogP contribution in [-0.2, 0) is 9.59 Å². The van der Waals surface area contributed by atoms with Crippen molar-refractivity contribution < 1.29 is 14.7 Å². The fourth-order valence-electron chi connectivity index (χ4n) is 3.02. The zero-order chi connectivity index (χ0) is 16.1. The second-order valence-corrected chi connectivity index (χ2v) is 5.93. The second-order valence-electron chi connectivity index (χ2n) is 5.93. The molecule has 0 spiro atoms. The molecule has 1 aliphatic rings. The summed E-state index contributed by atoms with van der Waals surface area (Å²) in [5, 5.41) is 12.3. The number of carbonyl (C=O) groups is 2. The molecule has 0 saturated carbocycles. The van der Waals surface area contributed by atoms with Crippen LogP contribution in [0.25, 0.3) is 0 Å². The van der Waals surface area contributed by atoms with Crippen LogP contribution in [0.4, 0.5) is 0 Å². The van der Waals surface area contributed by atoms with Gasteiger partial charge in [0.05, 0.1) is 0 Å². The number of hydrogen-bond donors (Lipinski definition) is 3. The molecule has 1 fully saturated rings. The first-order valence-corrected chi connectivity index (χ1v) is 7.71. The van der Waals surface area contributed by atoms with Crippen LogP contribution in [0.1, 0.15) is 38.4 Å². The molecule has 3 atom stereocenters. The highest BCUT2D eigenvalue weighted by molar-refractivity contribution is 5.74. The first-order valence-electron chi connectivity index (χ1n) is 7.71. The molecule has 7 nitrogen and oxygen atoms in total. The van der Waals surface area contributed by atoms with Crippen LogP contribution in [0, 0.1) is 5.92 Å². The standard InChI is InChI=1S/C15H24N4O3/c1-3-11(7-18-10(2)20)8-19-9-12(6-13(19)15(21)22)14-16-4-5-17-14/h4-5,11-13H,3,6-9H2,1-2H3,(H,16,17)(H,18,20)(H,21,22). The van der Waals surface area contributed by atoms with Gasteiger partial charge in [0, 0.05) is 44.9 Å². The number of aliphatic carboxylic acids is 1. The van der Waals surface area contributed by atoms with Crippen LogP contribution in [0.5, 0.6) is 0 Å². The van der Waals surface area contributed by atoms with Gasteiger partial charge in [-0.05, 0) is 12.3 Å². The van der Waals surface area contributed by atoms with E-state index in [1.54, 1.807) is 12.4 Å². The predicted molar refractivity (Wildman–Crippen MR) is 81.4 cm³/mol. The van der Waals surface area contributed by atoms with Crippen molar-refractivity contribution in [1.82, 2.24) is 20.2 Å². The number of carboxylic acids is 1. The summed E-state index contributed by atoms with van der Waals surface area (Å²) in [6.45, 7) is 5.49. The lowest BCUT2D eigenvalue weighted by Crippen LogP contribution is -2.41. The van der Waals surface area contributed by atoms with Crippen molar-refractivity contribution in [2.75, 3.05) is 19.6 Å². The van der Waals surface area contributed by atoms with Crippen molar-refractivity contribution in [3.63, 3.8) is 0 Å². The third kappa shape index (κ3) is 4.07. The SMILES string of the molecule is CCC(CNC(C)=O)CN1CC(c2ncc[nH]2)CC1C(=O)O. The predicted octanol–water partition coefficient (Wildman–Crippen LogP) is 0.815. The molecule has 0 radical (unpaired) electrons. The van der Waals surface area contributed by atoms with Gasteiger partial charge in [0.1, 0.15) is 11.9 Å². The molecule has 122 valence electrons. The molecule has 1 aromatic rings. The van der Waals surface area contributed by atoms with E-state index in [4.69, 9.17) is 0 Å². The molecule has 3 unspecified atom stereocenters. The largest absolute Gasteiger partial charge is 0.480 e. The fourth-order valence-corrected chi connectivity index (χ4v) is 3.02.